The number of nitrogens with zero attached hydrogens (tertiary/aromatic N) is 3. The van der Waals surface area contributed by atoms with Crippen LogP contribution in [0.1, 0.15) is 23.3 Å². The minimum atomic E-state index is -0.338. The summed E-state index contributed by atoms with van der Waals surface area (Å²) in [5.74, 6) is -0.494. The molecule has 1 N–H and O–H groups in total. The van der Waals surface area contributed by atoms with Crippen LogP contribution in [-0.2, 0) is 29.5 Å². The fourth-order valence-electron chi connectivity index (χ4n) is 3.69. The number of anilines is 1. The molecule has 2 heterocycles. The lowest BCUT2D eigenvalue weighted by molar-refractivity contribution is -0.131. The molecule has 7 nitrogen and oxygen atoms in total. The van der Waals surface area contributed by atoms with Gasteiger partial charge in [0.05, 0.1) is 28.4 Å². The first-order valence-electron chi connectivity index (χ1n) is 10.3. The third-order valence-electron chi connectivity index (χ3n) is 5.43. The molecule has 32 heavy (non-hydrogen) atoms. The Morgan fingerprint density at radius 3 is 2.81 bits per heavy atom. The van der Waals surface area contributed by atoms with E-state index < -0.39 is 0 Å². The highest BCUT2D eigenvalue weighted by Crippen LogP contribution is 2.34. The van der Waals surface area contributed by atoms with Crippen molar-refractivity contribution in [2.24, 2.45) is 7.05 Å². The number of rotatable bonds is 6. The van der Waals surface area contributed by atoms with E-state index in [0.717, 1.165) is 41.5 Å². The SMILES string of the molecule is CN(CC(=O)Nc1ccccc1Cl)C(=O)CSc1nc2sc3c(c2c(=O)n1C)CCCC3. The number of fused-ring (bicyclic) bond motifs is 3. The molecular weight excluding hydrogens is 468 g/mol. The van der Waals surface area contributed by atoms with Crippen molar-refractivity contribution < 1.29 is 9.59 Å². The number of benzene rings is 1. The summed E-state index contributed by atoms with van der Waals surface area (Å²) in [5, 5.41) is 4.37. The maximum atomic E-state index is 13.0. The zero-order valence-corrected chi connectivity index (χ0v) is 20.2. The molecule has 0 saturated carbocycles. The number of aryl methyl sites for hydroxylation is 2. The van der Waals surface area contributed by atoms with Gasteiger partial charge in [-0.25, -0.2) is 4.98 Å². The second-order valence-electron chi connectivity index (χ2n) is 7.72. The van der Waals surface area contributed by atoms with Crippen LogP contribution in [0.15, 0.2) is 34.2 Å². The standard InChI is InChI=1S/C22H23ClN4O3S2/c1-26(11-17(28)24-15-9-5-4-8-14(15)23)18(29)12-31-22-25-20-19(21(30)27(22)2)13-7-3-6-10-16(13)32-20/h4-5,8-9H,3,6-7,10-12H2,1-2H3,(H,24,28). The molecule has 0 spiro atoms. The monoisotopic (exact) mass is 490 g/mol. The molecule has 3 aromatic rings. The van der Waals surface area contributed by atoms with Crippen LogP contribution in [0.2, 0.25) is 5.02 Å². The molecule has 0 aliphatic heterocycles. The van der Waals surface area contributed by atoms with Gasteiger partial charge in [0, 0.05) is 19.0 Å². The Balaban J connectivity index is 1.41. The number of amides is 2. The van der Waals surface area contributed by atoms with Crippen molar-refractivity contribution in [3.8, 4) is 0 Å². The molecule has 0 atom stereocenters. The molecular formula is C22H23ClN4O3S2. The zero-order valence-electron chi connectivity index (χ0n) is 17.8. The fourth-order valence-corrected chi connectivity index (χ4v) is 6.09. The average Bonchev–Trinajstić information content (AvgIpc) is 3.15. The summed E-state index contributed by atoms with van der Waals surface area (Å²) in [6.07, 6.45) is 4.18. The van der Waals surface area contributed by atoms with Gasteiger partial charge >= 0.3 is 0 Å². The van der Waals surface area contributed by atoms with E-state index in [2.05, 4.69) is 10.3 Å². The molecule has 0 saturated heterocycles. The van der Waals surface area contributed by atoms with Crippen LogP contribution in [0.4, 0.5) is 5.69 Å². The quantitative estimate of drug-likeness (QED) is 0.420. The van der Waals surface area contributed by atoms with Crippen LogP contribution in [0, 0.1) is 0 Å². The Hall–Kier alpha value is -2.36. The van der Waals surface area contributed by atoms with Gasteiger partial charge < -0.3 is 10.2 Å². The summed E-state index contributed by atoms with van der Waals surface area (Å²) in [6.45, 7) is -0.104. The van der Waals surface area contributed by atoms with Crippen LogP contribution >= 0.6 is 34.7 Å². The number of carbonyl (C=O) groups is 2. The van der Waals surface area contributed by atoms with Crippen LogP contribution in [-0.4, -0.2) is 45.6 Å². The van der Waals surface area contributed by atoms with E-state index in [1.54, 1.807) is 49.7 Å². The Kier molecular flexibility index (Phi) is 6.88. The first-order chi connectivity index (χ1) is 15.3. The lowest BCUT2D eigenvalue weighted by atomic mass is 9.97. The number of para-hydroxylation sites is 1. The lowest BCUT2D eigenvalue weighted by Crippen LogP contribution is -2.36. The number of thiophene rings is 1. The average molecular weight is 491 g/mol. The lowest BCUT2D eigenvalue weighted by Gasteiger charge is -2.17. The van der Waals surface area contributed by atoms with Crippen molar-refractivity contribution in [3.63, 3.8) is 0 Å². The normalized spacial score (nSPS) is 13.1. The van der Waals surface area contributed by atoms with Crippen LogP contribution in [0.3, 0.4) is 0 Å². The van der Waals surface area contributed by atoms with Crippen LogP contribution in [0.25, 0.3) is 10.2 Å². The summed E-state index contributed by atoms with van der Waals surface area (Å²) in [7, 11) is 3.26. The molecule has 1 aliphatic rings. The first kappa shape index (κ1) is 22.8. The van der Waals surface area contributed by atoms with E-state index in [1.807, 2.05) is 0 Å². The molecule has 1 aliphatic carbocycles. The summed E-state index contributed by atoms with van der Waals surface area (Å²) < 4.78 is 1.52. The van der Waals surface area contributed by atoms with Gasteiger partial charge in [0.1, 0.15) is 4.83 Å². The molecule has 2 amide bonds. The van der Waals surface area contributed by atoms with Gasteiger partial charge in [-0.3, -0.25) is 19.0 Å². The van der Waals surface area contributed by atoms with E-state index in [9.17, 15) is 14.4 Å². The molecule has 0 radical (unpaired) electrons. The number of aromatic nitrogens is 2. The zero-order chi connectivity index (χ0) is 22.8. The maximum Gasteiger partial charge on any atom is 0.262 e. The topological polar surface area (TPSA) is 84.3 Å². The summed E-state index contributed by atoms with van der Waals surface area (Å²) >= 11 is 8.85. The van der Waals surface area contributed by atoms with Crippen molar-refractivity contribution in [2.45, 2.75) is 30.8 Å². The van der Waals surface area contributed by atoms with Crippen molar-refractivity contribution in [1.29, 1.82) is 0 Å². The number of hydrogen-bond acceptors (Lipinski definition) is 6. The molecule has 1 aromatic carbocycles. The third-order valence-corrected chi connectivity index (χ3v) is 7.96. The smallest absolute Gasteiger partial charge is 0.262 e. The van der Waals surface area contributed by atoms with Gasteiger partial charge in [-0.1, -0.05) is 35.5 Å². The summed E-state index contributed by atoms with van der Waals surface area (Å²) in [6, 6.07) is 6.92. The first-order valence-corrected chi connectivity index (χ1v) is 12.5. The Bertz CT molecular complexity index is 1250. The minimum absolute atomic E-state index is 0.0585. The van der Waals surface area contributed by atoms with Gasteiger partial charge in [-0.15, -0.1) is 11.3 Å². The molecule has 168 valence electrons. The largest absolute Gasteiger partial charge is 0.336 e. The number of thioether (sulfide) groups is 1. The van der Waals surface area contributed by atoms with E-state index >= 15 is 0 Å². The van der Waals surface area contributed by atoms with Crippen LogP contribution in [0.5, 0.6) is 0 Å². The summed E-state index contributed by atoms with van der Waals surface area (Å²) in [4.78, 5) is 45.8. The van der Waals surface area contributed by atoms with Crippen molar-refractivity contribution in [3.05, 3.63) is 50.1 Å². The molecule has 2 aromatic heterocycles. The predicted octanol–water partition coefficient (Wildman–Crippen LogP) is 3.72. The number of halogens is 1. The van der Waals surface area contributed by atoms with Gasteiger partial charge in [-0.05, 0) is 43.4 Å². The second-order valence-corrected chi connectivity index (χ2v) is 10.1. The Morgan fingerprint density at radius 1 is 1.28 bits per heavy atom. The Labute approximate surface area is 198 Å². The van der Waals surface area contributed by atoms with Crippen LogP contribution < -0.4 is 10.9 Å². The van der Waals surface area contributed by atoms with E-state index in [-0.39, 0.29) is 29.7 Å². The van der Waals surface area contributed by atoms with E-state index in [1.165, 1.54) is 26.1 Å². The number of carbonyl (C=O) groups excluding carboxylic acids is 2. The van der Waals surface area contributed by atoms with Crippen molar-refractivity contribution in [2.75, 3.05) is 24.7 Å². The van der Waals surface area contributed by atoms with Gasteiger partial charge in [-0.2, -0.15) is 0 Å². The van der Waals surface area contributed by atoms with E-state index in [0.29, 0.717) is 15.9 Å². The highest BCUT2D eigenvalue weighted by molar-refractivity contribution is 7.99. The van der Waals surface area contributed by atoms with Gasteiger partial charge in [0.15, 0.2) is 5.16 Å². The third kappa shape index (κ3) is 4.69. The second kappa shape index (κ2) is 9.64. The highest BCUT2D eigenvalue weighted by Gasteiger charge is 2.22. The number of nitrogens with one attached hydrogen (secondary N) is 1. The molecule has 0 unspecified atom stereocenters. The number of likely N-dealkylation sites (N-methyl/N-ethyl adjacent to an activating group) is 1. The minimum Gasteiger partial charge on any atom is -0.336 e. The van der Waals surface area contributed by atoms with Crippen molar-refractivity contribution in [1.82, 2.24) is 14.5 Å². The van der Waals surface area contributed by atoms with Gasteiger partial charge in [0.25, 0.3) is 5.56 Å². The van der Waals surface area contributed by atoms with Gasteiger partial charge in [0.2, 0.25) is 11.8 Å². The Morgan fingerprint density at radius 2 is 2.03 bits per heavy atom. The molecule has 0 fully saturated rings. The number of hydrogen-bond donors (Lipinski definition) is 1. The fraction of sp³-hybridized carbons (Fsp3) is 0.364. The maximum absolute atomic E-state index is 13.0. The molecule has 0 bridgehead atoms. The van der Waals surface area contributed by atoms with Crippen molar-refractivity contribution >= 4 is 62.4 Å². The molecule has 10 heteroatoms. The predicted molar refractivity (Wildman–Crippen MR) is 130 cm³/mol. The summed E-state index contributed by atoms with van der Waals surface area (Å²) in [5.41, 5.74) is 1.60. The van der Waals surface area contributed by atoms with E-state index in [4.69, 9.17) is 11.6 Å². The highest BCUT2D eigenvalue weighted by atomic mass is 35.5. The molecule has 4 rings (SSSR count).